The Morgan fingerprint density at radius 2 is 0.561 bits per heavy atom. The van der Waals surface area contributed by atoms with E-state index in [0.717, 1.165) is 61.9 Å². The second kappa shape index (κ2) is 18.4. The van der Waals surface area contributed by atoms with Gasteiger partial charge in [-0.2, -0.15) is 0 Å². The topological polar surface area (TPSA) is 45.2 Å². The number of hydrogen-bond donors (Lipinski definition) is 0. The van der Waals surface area contributed by atoms with Gasteiger partial charge in [-0.1, -0.05) is 191 Å². The third-order valence-electron chi connectivity index (χ3n) is 11.9. The summed E-state index contributed by atoms with van der Waals surface area (Å²) >= 11 is 0. The van der Waals surface area contributed by atoms with E-state index in [1.807, 2.05) is 60.7 Å². The smallest absolute Gasteiger partial charge is 0.164 e. The molecule has 0 bridgehead atoms. The van der Waals surface area contributed by atoms with Crippen LogP contribution in [0.4, 0.5) is 34.1 Å². The molecule has 1 aromatic heterocycles. The monoisotopic (exact) mass is 851 g/mol. The minimum atomic E-state index is -0.198. The Bertz CT molecular complexity index is 3120. The maximum absolute atomic E-state index is 5.05. The highest BCUT2D eigenvalue weighted by Gasteiger charge is 2.28. The minimum Gasteiger partial charge on any atom is -0.310 e. The van der Waals surface area contributed by atoms with Crippen molar-refractivity contribution < 1.29 is 0 Å². The summed E-state index contributed by atoms with van der Waals surface area (Å²) in [6.45, 7) is 6.89. The third kappa shape index (κ3) is 8.75. The summed E-state index contributed by atoms with van der Waals surface area (Å²) in [6.07, 6.45) is 0. The lowest BCUT2D eigenvalue weighted by Crippen LogP contribution is -2.19. The Morgan fingerprint density at radius 3 is 0.924 bits per heavy atom. The van der Waals surface area contributed by atoms with Crippen LogP contribution >= 0.6 is 0 Å². The molecule has 0 atom stereocenters. The van der Waals surface area contributed by atoms with Crippen molar-refractivity contribution in [3.05, 3.63) is 248 Å². The molecule has 10 aromatic rings. The van der Waals surface area contributed by atoms with Crippen LogP contribution in [0.25, 0.3) is 56.4 Å². The molecule has 0 fully saturated rings. The van der Waals surface area contributed by atoms with Gasteiger partial charge >= 0.3 is 0 Å². The van der Waals surface area contributed by atoms with Crippen LogP contribution in [0.5, 0.6) is 0 Å². The molecule has 0 aliphatic carbocycles. The van der Waals surface area contributed by atoms with Crippen LogP contribution in [0.15, 0.2) is 243 Å². The Kier molecular flexibility index (Phi) is 11.6. The highest BCUT2D eigenvalue weighted by Crippen LogP contribution is 2.51. The van der Waals surface area contributed by atoms with E-state index >= 15 is 0 Å². The number of hydrogen-bond acceptors (Lipinski definition) is 5. The van der Waals surface area contributed by atoms with E-state index in [-0.39, 0.29) is 5.41 Å². The Balaban J connectivity index is 1.18. The standard InChI is InChI=1S/C61H49N5/c1-61(2,3)50-42-55(65(51-30-18-8-19-31-51)53-38-34-45(35-39-53)44-22-10-4-11-23-44)57(46-24-12-5-13-25-46)56(43-50)66(52-32-20-9-21-33-52)54-40-36-49(37-41-54)60-63-58(47-26-14-6-15-27-47)62-59(64-60)48-28-16-7-17-29-48/h4-43H,1-3H3. The van der Waals surface area contributed by atoms with Gasteiger partial charge in [-0.15, -0.1) is 0 Å². The van der Waals surface area contributed by atoms with Crippen LogP contribution in [0.3, 0.4) is 0 Å². The van der Waals surface area contributed by atoms with Crippen molar-refractivity contribution in [1.29, 1.82) is 0 Å². The molecular formula is C61H49N5. The van der Waals surface area contributed by atoms with Crippen LogP contribution in [0, 0.1) is 0 Å². The maximum atomic E-state index is 5.05. The lowest BCUT2D eigenvalue weighted by molar-refractivity contribution is 0.590. The van der Waals surface area contributed by atoms with E-state index < -0.39 is 0 Å². The summed E-state index contributed by atoms with van der Waals surface area (Å²) in [7, 11) is 0. The van der Waals surface area contributed by atoms with Crippen molar-refractivity contribution in [1.82, 2.24) is 15.0 Å². The van der Waals surface area contributed by atoms with Crippen molar-refractivity contribution in [2.45, 2.75) is 26.2 Å². The largest absolute Gasteiger partial charge is 0.310 e. The first kappa shape index (κ1) is 41.6. The van der Waals surface area contributed by atoms with E-state index in [0.29, 0.717) is 17.5 Å². The van der Waals surface area contributed by atoms with E-state index in [4.69, 9.17) is 15.0 Å². The van der Waals surface area contributed by atoms with E-state index in [9.17, 15) is 0 Å². The summed E-state index contributed by atoms with van der Waals surface area (Å²) in [5.41, 5.74) is 14.6. The molecule has 0 amide bonds. The Morgan fingerprint density at radius 1 is 0.288 bits per heavy atom. The predicted octanol–water partition coefficient (Wildman–Crippen LogP) is 16.4. The SMILES string of the molecule is CC(C)(C)c1cc(N(c2ccccc2)c2ccc(-c3ccccc3)cc2)c(-c2ccccc2)c(N(c2ccccc2)c2ccc(-c3nc(-c4ccccc4)nc(-c4ccccc4)n3)cc2)c1. The van der Waals surface area contributed by atoms with Crippen LogP contribution in [0.2, 0.25) is 0 Å². The van der Waals surface area contributed by atoms with Crippen molar-refractivity contribution in [3.63, 3.8) is 0 Å². The number of aromatic nitrogens is 3. The van der Waals surface area contributed by atoms with Crippen molar-refractivity contribution in [3.8, 4) is 56.4 Å². The first-order valence-electron chi connectivity index (χ1n) is 22.4. The number of anilines is 6. The fourth-order valence-corrected chi connectivity index (χ4v) is 8.44. The van der Waals surface area contributed by atoms with Crippen LogP contribution in [-0.2, 0) is 5.41 Å². The minimum absolute atomic E-state index is 0.198. The van der Waals surface area contributed by atoms with E-state index in [1.54, 1.807) is 0 Å². The molecule has 9 aromatic carbocycles. The van der Waals surface area contributed by atoms with Crippen LogP contribution in [0.1, 0.15) is 26.3 Å². The molecule has 0 aliphatic heterocycles. The summed E-state index contributed by atoms with van der Waals surface area (Å²) in [6, 6.07) is 85.3. The molecule has 0 spiro atoms. The van der Waals surface area contributed by atoms with Gasteiger partial charge < -0.3 is 9.80 Å². The Labute approximate surface area is 388 Å². The van der Waals surface area contributed by atoms with Gasteiger partial charge in [-0.3, -0.25) is 0 Å². The van der Waals surface area contributed by atoms with E-state index in [2.05, 4.69) is 213 Å². The Hall–Kier alpha value is -8.41. The molecule has 5 nitrogen and oxygen atoms in total. The predicted molar refractivity (Wildman–Crippen MR) is 275 cm³/mol. The van der Waals surface area contributed by atoms with Crippen molar-refractivity contribution >= 4 is 34.1 Å². The van der Waals surface area contributed by atoms with Crippen molar-refractivity contribution in [2.24, 2.45) is 0 Å². The van der Waals surface area contributed by atoms with Gasteiger partial charge in [-0.05, 0) is 100 Å². The highest BCUT2D eigenvalue weighted by molar-refractivity contribution is 5.99. The molecule has 1 heterocycles. The fraction of sp³-hybridized carbons (Fsp3) is 0.0656. The first-order valence-corrected chi connectivity index (χ1v) is 22.4. The fourth-order valence-electron chi connectivity index (χ4n) is 8.44. The quantitative estimate of drug-likeness (QED) is 0.130. The maximum Gasteiger partial charge on any atom is 0.164 e. The second-order valence-corrected chi connectivity index (χ2v) is 17.3. The lowest BCUT2D eigenvalue weighted by atomic mass is 9.84. The highest BCUT2D eigenvalue weighted by atomic mass is 15.2. The number of nitrogens with zero attached hydrogens (tertiary/aromatic N) is 5. The molecule has 0 N–H and O–H groups in total. The number of rotatable bonds is 11. The van der Waals surface area contributed by atoms with Gasteiger partial charge in [0.05, 0.1) is 11.4 Å². The number of benzene rings is 9. The molecule has 5 heteroatoms. The molecule has 66 heavy (non-hydrogen) atoms. The molecule has 10 rings (SSSR count). The zero-order valence-corrected chi connectivity index (χ0v) is 37.3. The molecular weight excluding hydrogens is 803 g/mol. The van der Waals surface area contributed by atoms with Crippen LogP contribution in [-0.4, -0.2) is 15.0 Å². The summed E-state index contributed by atoms with van der Waals surface area (Å²) in [4.78, 5) is 19.9. The molecule has 0 saturated heterocycles. The zero-order chi connectivity index (χ0) is 44.9. The average Bonchev–Trinajstić information content (AvgIpc) is 3.38. The zero-order valence-electron chi connectivity index (χ0n) is 37.3. The van der Waals surface area contributed by atoms with Gasteiger partial charge in [0.25, 0.3) is 0 Å². The summed E-state index contributed by atoms with van der Waals surface area (Å²) in [5, 5.41) is 0. The third-order valence-corrected chi connectivity index (χ3v) is 11.9. The average molecular weight is 852 g/mol. The van der Waals surface area contributed by atoms with Crippen molar-refractivity contribution in [2.75, 3.05) is 9.80 Å². The molecule has 0 aliphatic rings. The molecule has 0 saturated carbocycles. The van der Waals surface area contributed by atoms with E-state index in [1.165, 1.54) is 16.7 Å². The lowest BCUT2D eigenvalue weighted by Gasteiger charge is -2.35. The number of para-hydroxylation sites is 2. The molecule has 0 unspecified atom stereocenters. The summed E-state index contributed by atoms with van der Waals surface area (Å²) in [5.74, 6) is 1.87. The first-order chi connectivity index (χ1) is 32.4. The van der Waals surface area contributed by atoms with Gasteiger partial charge in [0, 0.05) is 45.0 Å². The van der Waals surface area contributed by atoms with Gasteiger partial charge in [0.15, 0.2) is 17.5 Å². The van der Waals surface area contributed by atoms with Gasteiger partial charge in [0.1, 0.15) is 0 Å². The van der Waals surface area contributed by atoms with Gasteiger partial charge in [0.2, 0.25) is 0 Å². The second-order valence-electron chi connectivity index (χ2n) is 17.3. The molecule has 318 valence electrons. The summed E-state index contributed by atoms with van der Waals surface area (Å²) < 4.78 is 0. The van der Waals surface area contributed by atoms with Crippen LogP contribution < -0.4 is 9.80 Å². The normalized spacial score (nSPS) is 11.3. The molecule has 0 radical (unpaired) electrons. The van der Waals surface area contributed by atoms with Gasteiger partial charge in [-0.25, -0.2) is 15.0 Å².